The lowest BCUT2D eigenvalue weighted by Crippen LogP contribution is -3.00. The van der Waals surface area contributed by atoms with Crippen LogP contribution in [0, 0.1) is 5.41 Å². The molecule has 0 aromatic carbocycles. The van der Waals surface area contributed by atoms with E-state index in [0.717, 1.165) is 23.9 Å². The van der Waals surface area contributed by atoms with Crippen LogP contribution in [0.1, 0.15) is 105 Å². The van der Waals surface area contributed by atoms with Gasteiger partial charge in [0, 0.05) is 5.41 Å². The molecular weight excluding hydrogens is 581 g/mol. The van der Waals surface area contributed by atoms with E-state index < -0.39 is 23.7 Å². The standard InChI is InChI=1S/C29H57N3O4.HI/c1-8-9-10-11-12-13-14-15-16-17-18-19-20-21-26(33)25(31-27(34)29(2,3)4)24-36-28(35)30-22-23-32(5,6)7;/h20-21,25-26,33H,8-19,22-24H2,1-7H3,(H-,30,31,34,35);1H/b21-20+;/t25-,26+;/m0./s1. The van der Waals surface area contributed by atoms with Gasteiger partial charge in [-0.05, 0) is 12.8 Å². The van der Waals surface area contributed by atoms with Gasteiger partial charge in [-0.2, -0.15) is 0 Å². The van der Waals surface area contributed by atoms with Crippen molar-refractivity contribution in [3.8, 4) is 0 Å². The Morgan fingerprint density at radius 2 is 1.43 bits per heavy atom. The molecule has 0 aromatic heterocycles. The van der Waals surface area contributed by atoms with E-state index in [1.54, 1.807) is 6.08 Å². The van der Waals surface area contributed by atoms with Crippen molar-refractivity contribution in [1.29, 1.82) is 0 Å². The van der Waals surface area contributed by atoms with Crippen LogP contribution in [0.4, 0.5) is 4.79 Å². The number of aliphatic hydroxyl groups is 1. The van der Waals surface area contributed by atoms with Crippen LogP contribution in [0.2, 0.25) is 0 Å². The van der Waals surface area contributed by atoms with Crippen LogP contribution in [0.3, 0.4) is 0 Å². The zero-order valence-electron chi connectivity index (χ0n) is 24.9. The number of hydrogen-bond donors (Lipinski definition) is 3. The SMILES string of the molecule is CCCCCCCCCCCCC/C=C/[C@@H](O)[C@H](COC(=O)NCC[N+](C)(C)C)NC(=O)C(C)(C)C.[I-]. The highest BCUT2D eigenvalue weighted by Crippen LogP contribution is 2.15. The van der Waals surface area contributed by atoms with Crippen molar-refractivity contribution < 1.29 is 47.9 Å². The molecule has 0 aliphatic heterocycles. The molecule has 3 N–H and O–H groups in total. The van der Waals surface area contributed by atoms with E-state index in [0.29, 0.717) is 6.54 Å². The van der Waals surface area contributed by atoms with E-state index in [-0.39, 0.29) is 36.5 Å². The molecule has 0 saturated carbocycles. The number of halogens is 1. The monoisotopic (exact) mass is 639 g/mol. The molecule has 220 valence electrons. The number of alkyl carbamates (subject to hydrolysis) is 1. The van der Waals surface area contributed by atoms with Crippen molar-refractivity contribution in [2.24, 2.45) is 5.41 Å². The minimum absolute atomic E-state index is 0. The number of quaternary nitrogens is 1. The largest absolute Gasteiger partial charge is 1.00 e. The third kappa shape index (κ3) is 23.9. The summed E-state index contributed by atoms with van der Waals surface area (Å²) < 4.78 is 6.04. The van der Waals surface area contributed by atoms with Crippen molar-refractivity contribution in [1.82, 2.24) is 10.6 Å². The lowest BCUT2D eigenvalue weighted by atomic mass is 9.95. The van der Waals surface area contributed by atoms with Crippen LogP contribution >= 0.6 is 0 Å². The second-order valence-electron chi connectivity index (χ2n) is 12.1. The van der Waals surface area contributed by atoms with Gasteiger partial charge in [-0.3, -0.25) is 4.79 Å². The highest BCUT2D eigenvalue weighted by molar-refractivity contribution is 5.81. The molecule has 7 nitrogen and oxygen atoms in total. The molecule has 0 aliphatic carbocycles. The molecule has 0 aromatic rings. The number of nitrogens with one attached hydrogen (secondary N) is 2. The van der Waals surface area contributed by atoms with Gasteiger partial charge in [-0.15, -0.1) is 0 Å². The Balaban J connectivity index is 0. The molecule has 8 heteroatoms. The molecule has 0 radical (unpaired) electrons. The summed E-state index contributed by atoms with van der Waals surface area (Å²) in [7, 11) is 6.14. The third-order valence-corrected chi connectivity index (χ3v) is 6.16. The number of carbonyl (C=O) groups is 2. The van der Waals surface area contributed by atoms with Crippen LogP contribution in [0.25, 0.3) is 0 Å². The molecule has 0 bridgehead atoms. The van der Waals surface area contributed by atoms with Gasteiger partial charge >= 0.3 is 6.09 Å². The number of unbranched alkanes of at least 4 members (excludes halogenated alkanes) is 11. The molecule has 0 saturated heterocycles. The summed E-state index contributed by atoms with van der Waals surface area (Å²) in [6.45, 7) is 8.85. The molecule has 0 rings (SSSR count). The predicted octanol–water partition coefficient (Wildman–Crippen LogP) is 2.57. The summed E-state index contributed by atoms with van der Waals surface area (Å²) in [5, 5.41) is 16.2. The fraction of sp³-hybridized carbons (Fsp3) is 0.862. The van der Waals surface area contributed by atoms with Crippen molar-refractivity contribution in [3.63, 3.8) is 0 Å². The first-order valence-electron chi connectivity index (χ1n) is 14.2. The maximum absolute atomic E-state index is 12.5. The molecule has 37 heavy (non-hydrogen) atoms. The Bertz CT molecular complexity index is 615. The zero-order valence-corrected chi connectivity index (χ0v) is 27.1. The van der Waals surface area contributed by atoms with Gasteiger partial charge in [0.05, 0.1) is 46.4 Å². The van der Waals surface area contributed by atoms with Crippen LogP contribution in [-0.2, 0) is 9.53 Å². The summed E-state index contributed by atoms with van der Waals surface area (Å²) in [5.41, 5.74) is -0.607. The number of rotatable bonds is 20. The minimum Gasteiger partial charge on any atom is -1.00 e. The summed E-state index contributed by atoms with van der Waals surface area (Å²) in [4.78, 5) is 24.6. The average molecular weight is 640 g/mol. The second-order valence-corrected chi connectivity index (χ2v) is 12.1. The number of ether oxygens (including phenoxy) is 1. The van der Waals surface area contributed by atoms with E-state index in [2.05, 4.69) is 17.6 Å². The second kappa shape index (κ2) is 22.0. The maximum atomic E-state index is 12.5. The first kappa shape index (κ1) is 38.3. The minimum atomic E-state index is -0.928. The fourth-order valence-corrected chi connectivity index (χ4v) is 3.62. The number of nitrogens with zero attached hydrogens (tertiary/aromatic N) is 1. The molecule has 0 fully saturated rings. The Hall–Kier alpha value is -0.870. The third-order valence-electron chi connectivity index (χ3n) is 6.16. The Morgan fingerprint density at radius 1 is 0.919 bits per heavy atom. The Kier molecular flexibility index (Phi) is 22.8. The zero-order chi connectivity index (χ0) is 27.5. The van der Waals surface area contributed by atoms with Crippen molar-refractivity contribution in [3.05, 3.63) is 12.2 Å². The molecule has 0 unspecified atom stereocenters. The van der Waals surface area contributed by atoms with Crippen LogP contribution in [0.5, 0.6) is 0 Å². The number of hydrogen-bond acceptors (Lipinski definition) is 4. The van der Waals surface area contributed by atoms with Gasteiger partial charge in [0.25, 0.3) is 0 Å². The summed E-state index contributed by atoms with van der Waals surface area (Å²) in [6, 6.07) is -0.700. The van der Waals surface area contributed by atoms with E-state index in [1.165, 1.54) is 64.2 Å². The van der Waals surface area contributed by atoms with Crippen LogP contribution in [0.15, 0.2) is 12.2 Å². The van der Waals surface area contributed by atoms with Crippen molar-refractivity contribution in [2.75, 3.05) is 40.8 Å². The van der Waals surface area contributed by atoms with E-state index in [4.69, 9.17) is 4.74 Å². The molecule has 0 heterocycles. The summed E-state index contributed by atoms with van der Waals surface area (Å²) >= 11 is 0. The van der Waals surface area contributed by atoms with E-state index in [9.17, 15) is 14.7 Å². The molecule has 0 aliphatic rings. The van der Waals surface area contributed by atoms with Crippen molar-refractivity contribution >= 4 is 12.0 Å². The average Bonchev–Trinajstić information content (AvgIpc) is 2.77. The van der Waals surface area contributed by atoms with Gasteiger partial charge in [0.2, 0.25) is 5.91 Å². The summed E-state index contributed by atoms with van der Waals surface area (Å²) in [5.74, 6) is -0.195. The van der Waals surface area contributed by atoms with Gasteiger partial charge in [0.15, 0.2) is 0 Å². The smallest absolute Gasteiger partial charge is 0.407 e. The normalized spacial score (nSPS) is 13.6. The molecular formula is C29H58IN3O4. The lowest BCUT2D eigenvalue weighted by Gasteiger charge is -2.26. The van der Waals surface area contributed by atoms with Gasteiger partial charge in [-0.25, -0.2) is 4.79 Å². The molecule has 2 atom stereocenters. The highest BCUT2D eigenvalue weighted by atomic mass is 127. The van der Waals surface area contributed by atoms with Crippen LogP contribution in [-0.4, -0.2) is 74.6 Å². The number of carbonyl (C=O) groups excluding carboxylic acids is 2. The lowest BCUT2D eigenvalue weighted by molar-refractivity contribution is -0.869. The topological polar surface area (TPSA) is 87.7 Å². The molecule has 2 amide bonds. The quantitative estimate of drug-likeness (QED) is 0.0828. The first-order chi connectivity index (χ1) is 16.9. The van der Waals surface area contributed by atoms with Gasteiger partial charge < -0.3 is 48.9 Å². The van der Waals surface area contributed by atoms with E-state index >= 15 is 0 Å². The number of amides is 2. The van der Waals surface area contributed by atoms with Gasteiger partial charge in [-0.1, -0.05) is 104 Å². The highest BCUT2D eigenvalue weighted by Gasteiger charge is 2.27. The maximum Gasteiger partial charge on any atom is 0.407 e. The number of likely N-dealkylation sites (N-methyl/N-ethyl adjacent to an activating group) is 1. The predicted molar refractivity (Wildman–Crippen MR) is 150 cm³/mol. The molecule has 0 spiro atoms. The van der Waals surface area contributed by atoms with Crippen molar-refractivity contribution in [2.45, 2.75) is 117 Å². The Labute approximate surface area is 245 Å². The van der Waals surface area contributed by atoms with Crippen LogP contribution < -0.4 is 34.6 Å². The fourth-order valence-electron chi connectivity index (χ4n) is 3.62. The van der Waals surface area contributed by atoms with E-state index in [1.807, 2.05) is 48.0 Å². The van der Waals surface area contributed by atoms with Gasteiger partial charge in [0.1, 0.15) is 6.61 Å². The number of aliphatic hydroxyl groups excluding tert-OH is 1. The first-order valence-corrected chi connectivity index (χ1v) is 14.2. The number of allylic oxidation sites excluding steroid dienone is 1. The summed E-state index contributed by atoms with van der Waals surface area (Å²) in [6.07, 6.45) is 17.4. The Morgan fingerprint density at radius 3 is 1.92 bits per heavy atom.